The van der Waals surface area contributed by atoms with E-state index in [0.717, 1.165) is 0 Å². The van der Waals surface area contributed by atoms with Crippen LogP contribution >= 0.6 is 0 Å². The van der Waals surface area contributed by atoms with Gasteiger partial charge >= 0.3 is 5.97 Å². The van der Waals surface area contributed by atoms with Crippen molar-refractivity contribution < 1.29 is 28.6 Å². The van der Waals surface area contributed by atoms with Crippen LogP contribution in [0, 0.1) is 5.92 Å². The van der Waals surface area contributed by atoms with Crippen LogP contribution in [0.5, 0.6) is 11.5 Å². The van der Waals surface area contributed by atoms with Crippen molar-refractivity contribution >= 4 is 28.7 Å². The second-order valence-corrected chi connectivity index (χ2v) is 7.97. The highest BCUT2D eigenvalue weighted by molar-refractivity contribution is 5.99. The van der Waals surface area contributed by atoms with E-state index in [1.807, 2.05) is 6.92 Å². The first kappa shape index (κ1) is 22.6. The molecule has 1 saturated heterocycles. The van der Waals surface area contributed by atoms with Crippen LogP contribution in [0.15, 0.2) is 23.1 Å². The molecule has 0 spiro atoms. The highest BCUT2D eigenvalue weighted by atomic mass is 16.7. The van der Waals surface area contributed by atoms with Gasteiger partial charge in [-0.25, -0.2) is 0 Å². The molecule has 1 N–H and O–H groups in total. The molecule has 0 aliphatic carbocycles. The number of hydrogen-bond acceptors (Lipinski definition) is 7. The number of piperidine rings is 1. The van der Waals surface area contributed by atoms with Gasteiger partial charge in [0.15, 0.2) is 11.5 Å². The van der Waals surface area contributed by atoms with Crippen LogP contribution in [0.3, 0.4) is 0 Å². The Morgan fingerprint density at radius 2 is 1.82 bits per heavy atom. The molecule has 0 unspecified atom stereocenters. The normalized spacial score (nSPS) is 15.5. The number of carbonyl (C=O) groups excluding carboxylic acids is 3. The number of hydrogen-bond donors (Lipinski definition) is 1. The van der Waals surface area contributed by atoms with Crippen molar-refractivity contribution in [2.45, 2.75) is 33.2 Å². The van der Waals surface area contributed by atoms with Gasteiger partial charge in [-0.05, 0) is 32.8 Å². The number of pyridine rings is 1. The lowest BCUT2D eigenvalue weighted by Crippen LogP contribution is -2.45. The maximum absolute atomic E-state index is 13.0. The van der Waals surface area contributed by atoms with Crippen molar-refractivity contribution in [1.82, 2.24) is 14.8 Å². The van der Waals surface area contributed by atoms with Crippen molar-refractivity contribution in [1.29, 1.82) is 0 Å². The van der Waals surface area contributed by atoms with E-state index in [9.17, 15) is 19.2 Å². The molecule has 2 aliphatic rings. The Kier molecular flexibility index (Phi) is 6.52. The summed E-state index contributed by atoms with van der Waals surface area (Å²) in [7, 11) is 0. The zero-order chi connectivity index (χ0) is 23.5. The summed E-state index contributed by atoms with van der Waals surface area (Å²) in [5.74, 6) is -0.296. The minimum absolute atomic E-state index is 0.0444. The quantitative estimate of drug-likeness (QED) is 0.650. The summed E-state index contributed by atoms with van der Waals surface area (Å²) in [5, 5.41) is 2.92. The summed E-state index contributed by atoms with van der Waals surface area (Å²) in [4.78, 5) is 51.9. The first-order valence-corrected chi connectivity index (χ1v) is 11.1. The third-order valence-corrected chi connectivity index (χ3v) is 6.03. The van der Waals surface area contributed by atoms with Gasteiger partial charge in [0.25, 0.3) is 5.91 Å². The summed E-state index contributed by atoms with van der Waals surface area (Å²) in [6, 6.07) is 3.31. The van der Waals surface area contributed by atoms with Gasteiger partial charge in [0.05, 0.1) is 30.0 Å². The maximum atomic E-state index is 13.0. The molecular weight excluding hydrogens is 430 g/mol. The van der Waals surface area contributed by atoms with Gasteiger partial charge < -0.3 is 29.0 Å². The van der Waals surface area contributed by atoms with Crippen molar-refractivity contribution in [2.24, 2.45) is 5.92 Å². The van der Waals surface area contributed by atoms with Crippen LogP contribution in [0.1, 0.15) is 37.0 Å². The van der Waals surface area contributed by atoms with E-state index in [-0.39, 0.29) is 36.7 Å². The zero-order valence-corrected chi connectivity index (χ0v) is 18.7. The molecule has 3 heterocycles. The van der Waals surface area contributed by atoms with Gasteiger partial charge in [-0.15, -0.1) is 0 Å². The average Bonchev–Trinajstić information content (AvgIpc) is 3.29. The third kappa shape index (κ3) is 4.50. The Balaban J connectivity index is 1.44. The Labute approximate surface area is 190 Å². The van der Waals surface area contributed by atoms with E-state index in [1.54, 1.807) is 28.5 Å². The van der Waals surface area contributed by atoms with Crippen molar-refractivity contribution in [3.8, 4) is 11.5 Å². The van der Waals surface area contributed by atoms with E-state index in [4.69, 9.17) is 14.2 Å². The second-order valence-electron chi connectivity index (χ2n) is 7.97. The fourth-order valence-corrected chi connectivity index (χ4v) is 4.19. The van der Waals surface area contributed by atoms with E-state index in [0.29, 0.717) is 61.5 Å². The monoisotopic (exact) mass is 457 g/mol. The van der Waals surface area contributed by atoms with Crippen LogP contribution in [0.4, 0.5) is 0 Å². The Morgan fingerprint density at radius 3 is 2.48 bits per heavy atom. The first-order valence-electron chi connectivity index (χ1n) is 11.1. The standard InChI is InChI=1S/C23H27N3O7/c1-3-25-12-16(21(28)15-9-18-19(10-17(15)25)33-13-32-18)22(29)24-11-20(27)26-7-5-14(6-8-26)23(30)31-4-2/h9-10,12,14H,3-8,11,13H2,1-2H3,(H,24,29). The zero-order valence-electron chi connectivity index (χ0n) is 18.7. The molecule has 33 heavy (non-hydrogen) atoms. The third-order valence-electron chi connectivity index (χ3n) is 6.03. The Morgan fingerprint density at radius 1 is 1.12 bits per heavy atom. The topological polar surface area (TPSA) is 116 Å². The number of fused-ring (bicyclic) bond motifs is 2. The van der Waals surface area contributed by atoms with E-state index >= 15 is 0 Å². The SMILES string of the molecule is CCOC(=O)C1CCN(C(=O)CNC(=O)c2cn(CC)c3cc4c(cc3c2=O)OCO4)CC1. The fourth-order valence-electron chi connectivity index (χ4n) is 4.19. The van der Waals surface area contributed by atoms with Gasteiger partial charge in [-0.2, -0.15) is 0 Å². The number of aromatic nitrogens is 1. The molecule has 1 aromatic heterocycles. The number of nitrogens with one attached hydrogen (secondary N) is 1. The minimum Gasteiger partial charge on any atom is -0.466 e. The van der Waals surface area contributed by atoms with Crippen LogP contribution in [-0.4, -0.2) is 60.3 Å². The lowest BCUT2D eigenvalue weighted by atomic mass is 9.97. The highest BCUT2D eigenvalue weighted by Gasteiger charge is 2.28. The number of benzene rings is 1. The molecule has 0 atom stereocenters. The highest BCUT2D eigenvalue weighted by Crippen LogP contribution is 2.35. The Hall–Kier alpha value is -3.56. The molecular formula is C23H27N3O7. The van der Waals surface area contributed by atoms with Gasteiger partial charge in [-0.1, -0.05) is 0 Å². The molecule has 0 bridgehead atoms. The summed E-state index contributed by atoms with van der Waals surface area (Å²) < 4.78 is 17.6. The number of carbonyl (C=O) groups is 3. The molecule has 2 aromatic rings. The molecule has 2 aliphatic heterocycles. The number of esters is 1. The molecule has 0 saturated carbocycles. The molecule has 0 radical (unpaired) electrons. The van der Waals surface area contributed by atoms with E-state index in [2.05, 4.69) is 5.32 Å². The summed E-state index contributed by atoms with van der Waals surface area (Å²) >= 11 is 0. The van der Waals surface area contributed by atoms with Crippen LogP contribution < -0.4 is 20.2 Å². The summed E-state index contributed by atoms with van der Waals surface area (Å²) in [5.41, 5.74) is 0.161. The maximum Gasteiger partial charge on any atom is 0.309 e. The fraction of sp³-hybridized carbons (Fsp3) is 0.478. The first-order chi connectivity index (χ1) is 15.9. The minimum atomic E-state index is -0.614. The molecule has 10 nitrogen and oxygen atoms in total. The average molecular weight is 457 g/mol. The van der Waals surface area contributed by atoms with Crippen LogP contribution in [0.2, 0.25) is 0 Å². The van der Waals surface area contributed by atoms with Crippen molar-refractivity contribution in [3.05, 3.63) is 34.1 Å². The molecule has 1 aromatic carbocycles. The smallest absolute Gasteiger partial charge is 0.309 e. The predicted molar refractivity (Wildman–Crippen MR) is 118 cm³/mol. The predicted octanol–water partition coefficient (Wildman–Crippen LogP) is 1.28. The van der Waals surface area contributed by atoms with Gasteiger partial charge in [0, 0.05) is 31.9 Å². The number of rotatable bonds is 6. The molecule has 1 fully saturated rings. The van der Waals surface area contributed by atoms with Crippen molar-refractivity contribution in [3.63, 3.8) is 0 Å². The largest absolute Gasteiger partial charge is 0.466 e. The van der Waals surface area contributed by atoms with Gasteiger partial charge in [0.2, 0.25) is 18.1 Å². The van der Waals surface area contributed by atoms with Crippen LogP contribution in [0.25, 0.3) is 10.9 Å². The molecule has 10 heteroatoms. The van der Waals surface area contributed by atoms with Gasteiger partial charge in [0.1, 0.15) is 5.56 Å². The lowest BCUT2D eigenvalue weighted by molar-refractivity contribution is -0.151. The number of ether oxygens (including phenoxy) is 3. The van der Waals surface area contributed by atoms with Crippen LogP contribution in [-0.2, 0) is 20.9 Å². The van der Waals surface area contributed by atoms with Crippen molar-refractivity contribution in [2.75, 3.05) is 33.0 Å². The van der Waals surface area contributed by atoms with Gasteiger partial charge in [-0.3, -0.25) is 19.2 Å². The van der Waals surface area contributed by atoms with E-state index < -0.39 is 11.3 Å². The summed E-state index contributed by atoms with van der Waals surface area (Å²) in [6.45, 7) is 5.23. The molecule has 176 valence electrons. The number of nitrogens with zero attached hydrogens (tertiary/aromatic N) is 2. The summed E-state index contributed by atoms with van der Waals surface area (Å²) in [6.07, 6.45) is 2.55. The number of likely N-dealkylation sites (tertiary alicyclic amines) is 1. The molecule has 4 rings (SSSR count). The van der Waals surface area contributed by atoms with E-state index in [1.165, 1.54) is 6.20 Å². The number of amides is 2. The lowest BCUT2D eigenvalue weighted by Gasteiger charge is -2.30. The number of aryl methyl sites for hydroxylation is 1. The Bertz CT molecular complexity index is 1150. The second kappa shape index (κ2) is 9.51. The molecule has 2 amide bonds.